The van der Waals surface area contributed by atoms with Gasteiger partial charge in [-0.3, -0.25) is 19.7 Å². The number of non-ortho nitro benzene ring substituents is 1. The fourth-order valence-corrected chi connectivity index (χ4v) is 4.81. The molecule has 202 valence electrons. The van der Waals surface area contributed by atoms with Gasteiger partial charge in [0.2, 0.25) is 0 Å². The van der Waals surface area contributed by atoms with Gasteiger partial charge in [-0.15, -0.1) is 0 Å². The summed E-state index contributed by atoms with van der Waals surface area (Å²) in [6, 6.07) is 18.4. The highest BCUT2D eigenvalue weighted by Gasteiger charge is 2.36. The molecule has 0 bridgehead atoms. The predicted molar refractivity (Wildman–Crippen MR) is 153 cm³/mol. The van der Waals surface area contributed by atoms with E-state index in [1.165, 1.54) is 23.0 Å². The molecule has 2 amide bonds. The molecule has 10 heteroatoms. The lowest BCUT2D eigenvalue weighted by atomic mass is 9.94. The van der Waals surface area contributed by atoms with Crippen molar-refractivity contribution in [3.8, 4) is 0 Å². The molecule has 3 N–H and O–H groups in total. The average molecular weight is 537 g/mol. The molecule has 1 aromatic heterocycles. The highest BCUT2D eigenvalue weighted by molar-refractivity contribution is 6.09. The zero-order chi connectivity index (χ0) is 28.6. The largest absolute Gasteiger partial charge is 0.343 e. The highest BCUT2D eigenvalue weighted by atomic mass is 16.6. The molecule has 1 aliphatic heterocycles. The number of rotatable bonds is 6. The minimum atomic E-state index is -0.831. The number of nitro groups is 1. The molecule has 0 spiro atoms. The van der Waals surface area contributed by atoms with E-state index >= 15 is 0 Å². The molecule has 40 heavy (non-hydrogen) atoms. The Hall–Kier alpha value is -5.25. The van der Waals surface area contributed by atoms with Crippen LogP contribution in [0.5, 0.6) is 0 Å². The zero-order valence-electron chi connectivity index (χ0n) is 22.5. The van der Waals surface area contributed by atoms with Gasteiger partial charge in [0.1, 0.15) is 17.4 Å². The van der Waals surface area contributed by atoms with Crippen molar-refractivity contribution in [1.29, 1.82) is 0 Å². The molecule has 5 rings (SSSR count). The van der Waals surface area contributed by atoms with Gasteiger partial charge in [-0.05, 0) is 57.0 Å². The van der Waals surface area contributed by atoms with Crippen molar-refractivity contribution < 1.29 is 14.5 Å². The standard InChI is InChI=1S/C30H28N6O4/c1-17-8-11-22(12-9-17)33-29(37)24-16-31-35-27(21-6-5-7-23(15-21)36(39)40)26(20(4)32-28(24)35)30(38)34-25-13-10-18(2)14-19(25)3/h5-16,27,32H,1-4H3,(H,33,37)(H,34,38). The number of hydrogen-bond donors (Lipinski definition) is 3. The molecule has 1 unspecified atom stereocenters. The molecule has 0 fully saturated rings. The lowest BCUT2D eigenvalue weighted by Crippen LogP contribution is -2.32. The number of aromatic nitrogens is 2. The number of amides is 2. The lowest BCUT2D eigenvalue weighted by Gasteiger charge is -2.30. The Kier molecular flexibility index (Phi) is 6.91. The third-order valence-electron chi connectivity index (χ3n) is 6.85. The van der Waals surface area contributed by atoms with Crippen LogP contribution in [0, 0.1) is 30.9 Å². The molecule has 0 saturated heterocycles. The fraction of sp³-hybridized carbons (Fsp3) is 0.167. The van der Waals surface area contributed by atoms with E-state index in [1.807, 2.05) is 63.2 Å². The van der Waals surface area contributed by atoms with Crippen LogP contribution in [-0.2, 0) is 4.79 Å². The van der Waals surface area contributed by atoms with Crippen LogP contribution >= 0.6 is 0 Å². The van der Waals surface area contributed by atoms with E-state index in [1.54, 1.807) is 19.1 Å². The van der Waals surface area contributed by atoms with Crippen molar-refractivity contribution in [3.05, 3.63) is 122 Å². The Bertz CT molecular complexity index is 1690. The minimum absolute atomic E-state index is 0.117. The van der Waals surface area contributed by atoms with Gasteiger partial charge in [-0.2, -0.15) is 5.10 Å². The van der Waals surface area contributed by atoms with Crippen molar-refractivity contribution in [2.24, 2.45) is 0 Å². The van der Waals surface area contributed by atoms with Gasteiger partial charge < -0.3 is 16.0 Å². The number of fused-ring (bicyclic) bond motifs is 1. The van der Waals surface area contributed by atoms with Gasteiger partial charge >= 0.3 is 0 Å². The Morgan fingerprint density at radius 2 is 1.65 bits per heavy atom. The van der Waals surface area contributed by atoms with Crippen molar-refractivity contribution in [2.45, 2.75) is 33.7 Å². The monoisotopic (exact) mass is 536 g/mol. The number of allylic oxidation sites excluding steroid dienone is 1. The summed E-state index contributed by atoms with van der Waals surface area (Å²) >= 11 is 0. The summed E-state index contributed by atoms with van der Waals surface area (Å²) in [4.78, 5) is 38.1. The summed E-state index contributed by atoms with van der Waals surface area (Å²) in [6.07, 6.45) is 1.43. The van der Waals surface area contributed by atoms with Gasteiger partial charge in [0, 0.05) is 29.2 Å². The number of nitro benzene ring substituents is 1. The maximum absolute atomic E-state index is 13.8. The van der Waals surface area contributed by atoms with E-state index in [9.17, 15) is 19.7 Å². The van der Waals surface area contributed by atoms with Crippen molar-refractivity contribution in [2.75, 3.05) is 16.0 Å². The number of hydrogen-bond acceptors (Lipinski definition) is 6. The molecule has 1 atom stereocenters. The van der Waals surface area contributed by atoms with Gasteiger partial charge in [0.15, 0.2) is 0 Å². The molecule has 3 aromatic carbocycles. The minimum Gasteiger partial charge on any atom is -0.343 e. The van der Waals surface area contributed by atoms with Crippen molar-refractivity contribution in [1.82, 2.24) is 9.78 Å². The molecule has 0 aliphatic carbocycles. The summed E-state index contributed by atoms with van der Waals surface area (Å²) in [5.74, 6) is -0.395. The summed E-state index contributed by atoms with van der Waals surface area (Å²) in [6.45, 7) is 7.58. The van der Waals surface area contributed by atoms with Gasteiger partial charge in [-0.1, -0.05) is 47.5 Å². The highest BCUT2D eigenvalue weighted by Crippen LogP contribution is 2.39. The summed E-state index contributed by atoms with van der Waals surface area (Å²) < 4.78 is 1.52. The number of carbonyl (C=O) groups is 2. The third-order valence-corrected chi connectivity index (χ3v) is 6.85. The van der Waals surface area contributed by atoms with Crippen LogP contribution in [0.1, 0.15) is 45.6 Å². The second-order valence-corrected chi connectivity index (χ2v) is 9.86. The van der Waals surface area contributed by atoms with E-state index in [2.05, 4.69) is 21.0 Å². The van der Waals surface area contributed by atoms with E-state index in [-0.39, 0.29) is 23.1 Å². The number of nitrogens with zero attached hydrogens (tertiary/aromatic N) is 3. The van der Waals surface area contributed by atoms with Gasteiger partial charge in [0.25, 0.3) is 17.5 Å². The van der Waals surface area contributed by atoms with Crippen LogP contribution in [0.2, 0.25) is 0 Å². The summed E-state index contributed by atoms with van der Waals surface area (Å²) in [5, 5.41) is 25.1. The van der Waals surface area contributed by atoms with Gasteiger partial charge in [-0.25, -0.2) is 4.68 Å². The van der Waals surface area contributed by atoms with Crippen LogP contribution in [0.4, 0.5) is 22.9 Å². The smallest absolute Gasteiger partial charge is 0.269 e. The van der Waals surface area contributed by atoms with Crippen molar-refractivity contribution in [3.63, 3.8) is 0 Å². The second-order valence-electron chi connectivity index (χ2n) is 9.86. The Balaban J connectivity index is 1.57. The molecule has 0 radical (unpaired) electrons. The van der Waals surface area contributed by atoms with Crippen molar-refractivity contribution >= 4 is 34.7 Å². The van der Waals surface area contributed by atoms with Crippen LogP contribution in [-0.4, -0.2) is 26.5 Å². The first-order valence-electron chi connectivity index (χ1n) is 12.7. The Morgan fingerprint density at radius 3 is 2.35 bits per heavy atom. The predicted octanol–water partition coefficient (Wildman–Crippen LogP) is 5.90. The number of carbonyl (C=O) groups excluding carboxylic acids is 2. The van der Waals surface area contributed by atoms with Gasteiger partial charge in [0.05, 0.1) is 16.7 Å². The number of anilines is 3. The SMILES string of the molecule is CC1=C(C(=O)Nc2ccc(C)cc2C)C(c2cccc([N+](=O)[O-])c2)n2ncc(C(=O)Nc3ccc(C)cc3)c2N1. The summed E-state index contributed by atoms with van der Waals surface area (Å²) in [7, 11) is 0. The van der Waals surface area contributed by atoms with Crippen LogP contribution < -0.4 is 16.0 Å². The first-order valence-corrected chi connectivity index (χ1v) is 12.7. The molecular formula is C30H28N6O4. The van der Waals surface area contributed by atoms with E-state index in [4.69, 9.17) is 0 Å². The Labute approximate surface area is 230 Å². The fourth-order valence-electron chi connectivity index (χ4n) is 4.81. The maximum atomic E-state index is 13.8. The molecule has 1 aliphatic rings. The van der Waals surface area contributed by atoms with Crippen LogP contribution in [0.3, 0.4) is 0 Å². The van der Waals surface area contributed by atoms with E-state index < -0.39 is 11.0 Å². The lowest BCUT2D eigenvalue weighted by molar-refractivity contribution is -0.384. The average Bonchev–Trinajstić information content (AvgIpc) is 3.34. The topological polar surface area (TPSA) is 131 Å². The molecule has 2 heterocycles. The summed E-state index contributed by atoms with van der Waals surface area (Å²) in [5.41, 5.74) is 5.76. The van der Waals surface area contributed by atoms with Crippen LogP contribution in [0.15, 0.2) is 84.2 Å². The third kappa shape index (κ3) is 5.06. The molecule has 0 saturated carbocycles. The van der Waals surface area contributed by atoms with E-state index in [0.29, 0.717) is 34.0 Å². The molecule has 10 nitrogen and oxygen atoms in total. The number of aryl methyl sites for hydroxylation is 3. The number of nitrogens with one attached hydrogen (secondary N) is 3. The molecule has 4 aromatic rings. The number of benzene rings is 3. The maximum Gasteiger partial charge on any atom is 0.269 e. The quantitative estimate of drug-likeness (QED) is 0.208. The molecular weight excluding hydrogens is 508 g/mol. The Morgan fingerprint density at radius 1 is 0.925 bits per heavy atom. The second kappa shape index (κ2) is 10.5. The first-order chi connectivity index (χ1) is 19.1. The van der Waals surface area contributed by atoms with Crippen LogP contribution in [0.25, 0.3) is 0 Å². The zero-order valence-corrected chi connectivity index (χ0v) is 22.5. The first kappa shape index (κ1) is 26.4. The normalized spacial score (nSPS) is 14.2. The van der Waals surface area contributed by atoms with E-state index in [0.717, 1.165) is 16.7 Å².